The zero-order valence-electron chi connectivity index (χ0n) is 6.08. The first-order valence-electron chi connectivity index (χ1n) is 3.24. The van der Waals surface area contributed by atoms with Gasteiger partial charge in [0.2, 0.25) is 5.28 Å². The zero-order chi connectivity index (χ0) is 9.42. The van der Waals surface area contributed by atoms with Gasteiger partial charge in [0.05, 0.1) is 6.20 Å². The number of imidazole rings is 1. The normalized spacial score (nSPS) is 14.5. The average Bonchev–Trinajstić information content (AvgIpc) is 2.63. The number of hydrogen-bond donors (Lipinski definition) is 0. The van der Waals surface area contributed by atoms with E-state index in [0.717, 1.165) is 0 Å². The monoisotopic (exact) mass is 235 g/mol. The number of hydrogen-bond acceptors (Lipinski definition) is 2. The zero-order valence-corrected chi connectivity index (χ0v) is 8.35. The van der Waals surface area contributed by atoms with Crippen LogP contribution in [0.1, 0.15) is 0 Å². The van der Waals surface area contributed by atoms with E-state index < -0.39 is 0 Å². The Bertz CT molecular complexity index is 406. The van der Waals surface area contributed by atoms with E-state index in [0.29, 0.717) is 5.84 Å². The molecule has 0 saturated carbocycles. The second kappa shape index (κ2) is 3.21. The standard InChI is InChI=1S/C6H2Cl3N4/c7-4-5(8)13(6(9)11-4)3-1-2-10-12-3/h1-2H. The first-order chi connectivity index (χ1) is 6.20. The Balaban J connectivity index is 2.56. The summed E-state index contributed by atoms with van der Waals surface area (Å²) in [7, 11) is 0. The van der Waals surface area contributed by atoms with Crippen molar-refractivity contribution in [2.24, 2.45) is 5.10 Å². The van der Waals surface area contributed by atoms with Gasteiger partial charge in [0.1, 0.15) is 0 Å². The second-order valence-electron chi connectivity index (χ2n) is 2.19. The van der Waals surface area contributed by atoms with Crippen LogP contribution in [0.15, 0.2) is 17.4 Å². The van der Waals surface area contributed by atoms with Crippen molar-refractivity contribution in [2.75, 3.05) is 0 Å². The first kappa shape index (κ1) is 8.87. The smallest absolute Gasteiger partial charge is 0.211 e. The highest BCUT2D eigenvalue weighted by Gasteiger charge is 2.17. The van der Waals surface area contributed by atoms with Crippen LogP contribution in [0.2, 0.25) is 15.6 Å². The van der Waals surface area contributed by atoms with Gasteiger partial charge >= 0.3 is 0 Å². The lowest BCUT2D eigenvalue weighted by molar-refractivity contribution is 0.954. The summed E-state index contributed by atoms with van der Waals surface area (Å²) >= 11 is 17.2. The summed E-state index contributed by atoms with van der Waals surface area (Å²) < 4.78 is 1.40. The third kappa shape index (κ3) is 1.41. The molecule has 1 aliphatic rings. The SMILES string of the molecule is Clc1nc(Cl)n(C2=N[N]C=C2)c1Cl. The molecule has 7 heteroatoms. The number of allylic oxidation sites excluding steroid dienone is 1. The molecule has 0 atom stereocenters. The highest BCUT2D eigenvalue weighted by molar-refractivity contribution is 6.43. The van der Waals surface area contributed by atoms with Crippen LogP contribution in [0.3, 0.4) is 0 Å². The van der Waals surface area contributed by atoms with Gasteiger partial charge in [-0.1, -0.05) is 23.2 Å². The molecule has 1 aromatic rings. The molecule has 0 fully saturated rings. The molecule has 0 aliphatic carbocycles. The lowest BCUT2D eigenvalue weighted by atomic mass is 10.5. The first-order valence-corrected chi connectivity index (χ1v) is 4.37. The molecule has 1 aliphatic heterocycles. The predicted octanol–water partition coefficient (Wildman–Crippen LogP) is 2.14. The highest BCUT2D eigenvalue weighted by atomic mass is 35.5. The lowest BCUT2D eigenvalue weighted by Gasteiger charge is -1.99. The van der Waals surface area contributed by atoms with Crippen molar-refractivity contribution in [3.05, 3.63) is 27.9 Å². The quantitative estimate of drug-likeness (QED) is 0.680. The summed E-state index contributed by atoms with van der Waals surface area (Å²) in [6.45, 7) is 0. The largest absolute Gasteiger partial charge is 0.254 e. The summed E-state index contributed by atoms with van der Waals surface area (Å²) in [6, 6.07) is 0. The van der Waals surface area contributed by atoms with E-state index in [1.54, 1.807) is 6.08 Å². The fourth-order valence-corrected chi connectivity index (χ4v) is 1.61. The Labute approximate surface area is 88.8 Å². The van der Waals surface area contributed by atoms with Gasteiger partial charge in [0.15, 0.2) is 16.1 Å². The van der Waals surface area contributed by atoms with Crippen LogP contribution in [-0.4, -0.2) is 15.4 Å². The fraction of sp³-hybridized carbons (Fsp3) is 0. The molecule has 1 radical (unpaired) electrons. The Morgan fingerprint density at radius 2 is 2.00 bits per heavy atom. The summed E-state index contributed by atoms with van der Waals surface area (Å²) in [4.78, 5) is 3.76. The van der Waals surface area contributed by atoms with Crippen LogP contribution in [0.4, 0.5) is 0 Å². The Morgan fingerprint density at radius 1 is 1.23 bits per heavy atom. The van der Waals surface area contributed by atoms with Crippen LogP contribution in [0.25, 0.3) is 0 Å². The molecule has 4 nitrogen and oxygen atoms in total. The Morgan fingerprint density at radius 3 is 2.46 bits per heavy atom. The minimum atomic E-state index is 0.148. The van der Waals surface area contributed by atoms with E-state index in [-0.39, 0.29) is 15.6 Å². The van der Waals surface area contributed by atoms with Crippen LogP contribution in [0, 0.1) is 0 Å². The number of aromatic nitrogens is 2. The van der Waals surface area contributed by atoms with Gasteiger partial charge in [0, 0.05) is 6.08 Å². The maximum Gasteiger partial charge on any atom is 0.211 e. The highest BCUT2D eigenvalue weighted by Crippen LogP contribution is 2.25. The molecular formula is C6H2Cl3N4. The summed E-state index contributed by atoms with van der Waals surface area (Å²) in [6.07, 6.45) is 3.17. The maximum atomic E-state index is 5.82. The minimum Gasteiger partial charge on any atom is -0.254 e. The summed E-state index contributed by atoms with van der Waals surface area (Å²) in [5.74, 6) is 0.495. The minimum absolute atomic E-state index is 0.148. The molecule has 0 amide bonds. The van der Waals surface area contributed by atoms with Gasteiger partial charge in [-0.05, 0) is 11.6 Å². The van der Waals surface area contributed by atoms with Crippen molar-refractivity contribution in [1.82, 2.24) is 15.0 Å². The van der Waals surface area contributed by atoms with E-state index in [1.165, 1.54) is 10.8 Å². The van der Waals surface area contributed by atoms with E-state index in [2.05, 4.69) is 15.5 Å². The van der Waals surface area contributed by atoms with Crippen LogP contribution in [-0.2, 0) is 0 Å². The van der Waals surface area contributed by atoms with Crippen LogP contribution in [0.5, 0.6) is 0 Å². The van der Waals surface area contributed by atoms with Crippen LogP contribution >= 0.6 is 34.8 Å². The fourth-order valence-electron chi connectivity index (χ4n) is 0.891. The van der Waals surface area contributed by atoms with Crippen molar-refractivity contribution in [2.45, 2.75) is 0 Å². The van der Waals surface area contributed by atoms with Gasteiger partial charge in [-0.3, -0.25) is 4.57 Å². The predicted molar refractivity (Wildman–Crippen MR) is 51.4 cm³/mol. The third-order valence-corrected chi connectivity index (χ3v) is 2.38. The molecule has 2 rings (SSSR count). The van der Waals surface area contributed by atoms with Crippen molar-refractivity contribution < 1.29 is 0 Å². The molecule has 67 valence electrons. The Kier molecular flexibility index (Phi) is 2.19. The molecule has 0 saturated heterocycles. The summed E-state index contributed by atoms with van der Waals surface area (Å²) in [5.41, 5.74) is 3.63. The third-order valence-electron chi connectivity index (χ3n) is 1.42. The van der Waals surface area contributed by atoms with E-state index in [4.69, 9.17) is 34.8 Å². The molecule has 2 heterocycles. The Hall–Kier alpha value is -0.710. The number of halogens is 3. The van der Waals surface area contributed by atoms with E-state index in [1.807, 2.05) is 0 Å². The lowest BCUT2D eigenvalue weighted by Crippen LogP contribution is -2.07. The molecule has 0 unspecified atom stereocenters. The maximum absolute atomic E-state index is 5.82. The van der Waals surface area contributed by atoms with Gasteiger partial charge in [-0.15, -0.1) is 5.10 Å². The van der Waals surface area contributed by atoms with Crippen molar-refractivity contribution >= 4 is 40.6 Å². The van der Waals surface area contributed by atoms with Gasteiger partial charge in [-0.25, -0.2) is 4.98 Å². The van der Waals surface area contributed by atoms with E-state index >= 15 is 0 Å². The van der Waals surface area contributed by atoms with Gasteiger partial charge in [-0.2, -0.15) is 5.43 Å². The van der Waals surface area contributed by atoms with E-state index in [9.17, 15) is 0 Å². The molecule has 0 spiro atoms. The average molecular weight is 236 g/mol. The summed E-state index contributed by atoms with van der Waals surface area (Å²) in [5, 5.41) is 4.31. The molecule has 1 aromatic heterocycles. The topological polar surface area (TPSA) is 44.3 Å². The molecular weight excluding hydrogens is 234 g/mol. The number of nitrogens with zero attached hydrogens (tertiary/aromatic N) is 4. The van der Waals surface area contributed by atoms with Gasteiger partial charge < -0.3 is 0 Å². The van der Waals surface area contributed by atoms with Crippen molar-refractivity contribution in [1.29, 1.82) is 0 Å². The molecule has 0 aromatic carbocycles. The second-order valence-corrected chi connectivity index (χ2v) is 3.24. The molecule has 13 heavy (non-hydrogen) atoms. The van der Waals surface area contributed by atoms with Crippen LogP contribution < -0.4 is 5.43 Å². The van der Waals surface area contributed by atoms with Crippen molar-refractivity contribution in [3.8, 4) is 0 Å². The van der Waals surface area contributed by atoms with Crippen molar-refractivity contribution in [3.63, 3.8) is 0 Å². The molecule has 0 N–H and O–H groups in total. The molecule has 0 bridgehead atoms. The number of rotatable bonds is 0. The van der Waals surface area contributed by atoms with Gasteiger partial charge in [0.25, 0.3) is 0 Å².